The van der Waals surface area contributed by atoms with Gasteiger partial charge in [-0.3, -0.25) is 9.78 Å². The molecule has 0 bridgehead atoms. The molecule has 96 valence electrons. The van der Waals surface area contributed by atoms with Gasteiger partial charge in [-0.1, -0.05) is 11.6 Å². The van der Waals surface area contributed by atoms with Crippen molar-refractivity contribution >= 4 is 12.1 Å². The Morgan fingerprint density at radius 1 is 1.32 bits per heavy atom. The van der Waals surface area contributed by atoms with E-state index in [0.29, 0.717) is 11.1 Å². The molecular formula is C14H13N3O2. The molecule has 0 aliphatic carbocycles. The molecule has 2 N–H and O–H groups in total. The van der Waals surface area contributed by atoms with E-state index in [1.54, 1.807) is 30.3 Å². The Kier molecular flexibility index (Phi) is 3.87. The van der Waals surface area contributed by atoms with E-state index in [1.807, 2.05) is 6.92 Å². The fourth-order valence-corrected chi connectivity index (χ4v) is 1.51. The normalized spacial score (nSPS) is 10.6. The van der Waals surface area contributed by atoms with Gasteiger partial charge in [-0.25, -0.2) is 5.43 Å². The van der Waals surface area contributed by atoms with Crippen molar-refractivity contribution in [2.75, 3.05) is 0 Å². The van der Waals surface area contributed by atoms with Gasteiger partial charge >= 0.3 is 0 Å². The van der Waals surface area contributed by atoms with Gasteiger partial charge in [0.1, 0.15) is 5.75 Å². The van der Waals surface area contributed by atoms with E-state index in [2.05, 4.69) is 15.5 Å². The summed E-state index contributed by atoms with van der Waals surface area (Å²) in [6.07, 6.45) is 4.47. The number of pyridine rings is 1. The summed E-state index contributed by atoms with van der Waals surface area (Å²) in [5.41, 5.74) is 4.41. The SMILES string of the molecule is Cc1ccc(O)c(/C=N/NC(=O)c2ccncc2)c1. The highest BCUT2D eigenvalue weighted by Gasteiger charge is 2.02. The highest BCUT2D eigenvalue weighted by Crippen LogP contribution is 2.15. The molecule has 0 aliphatic rings. The van der Waals surface area contributed by atoms with Crippen molar-refractivity contribution in [2.45, 2.75) is 6.92 Å². The maximum atomic E-state index is 11.7. The van der Waals surface area contributed by atoms with Crippen LogP contribution in [0, 0.1) is 6.92 Å². The van der Waals surface area contributed by atoms with Gasteiger partial charge in [0.15, 0.2) is 0 Å². The smallest absolute Gasteiger partial charge is 0.271 e. The number of hydrazone groups is 1. The quantitative estimate of drug-likeness (QED) is 0.649. The molecule has 0 radical (unpaired) electrons. The zero-order valence-corrected chi connectivity index (χ0v) is 10.4. The minimum absolute atomic E-state index is 0.118. The van der Waals surface area contributed by atoms with Crippen LogP contribution in [0.25, 0.3) is 0 Å². The van der Waals surface area contributed by atoms with Crippen molar-refractivity contribution in [3.05, 3.63) is 59.4 Å². The number of phenols is 1. The second kappa shape index (κ2) is 5.77. The number of aromatic hydroxyl groups is 1. The van der Waals surface area contributed by atoms with E-state index in [1.165, 1.54) is 18.6 Å². The number of aryl methyl sites for hydroxylation is 1. The third kappa shape index (κ3) is 3.38. The molecule has 1 aromatic carbocycles. The molecule has 5 nitrogen and oxygen atoms in total. The topological polar surface area (TPSA) is 74.6 Å². The number of carbonyl (C=O) groups is 1. The zero-order chi connectivity index (χ0) is 13.7. The lowest BCUT2D eigenvalue weighted by atomic mass is 10.1. The minimum Gasteiger partial charge on any atom is -0.507 e. The number of hydrogen-bond donors (Lipinski definition) is 2. The van der Waals surface area contributed by atoms with E-state index >= 15 is 0 Å². The van der Waals surface area contributed by atoms with Gasteiger partial charge in [0.2, 0.25) is 0 Å². The Morgan fingerprint density at radius 2 is 2.05 bits per heavy atom. The first kappa shape index (κ1) is 12.8. The summed E-state index contributed by atoms with van der Waals surface area (Å²) >= 11 is 0. The largest absolute Gasteiger partial charge is 0.507 e. The first-order chi connectivity index (χ1) is 9.16. The van der Waals surface area contributed by atoms with Crippen molar-refractivity contribution in [2.24, 2.45) is 5.10 Å². The summed E-state index contributed by atoms with van der Waals surface area (Å²) in [6.45, 7) is 1.91. The van der Waals surface area contributed by atoms with Crippen LogP contribution in [0.2, 0.25) is 0 Å². The van der Waals surface area contributed by atoms with Crippen LogP contribution in [0.1, 0.15) is 21.5 Å². The second-order valence-corrected chi connectivity index (χ2v) is 4.00. The predicted octanol–water partition coefficient (Wildman–Crippen LogP) is 1.86. The molecule has 1 heterocycles. The maximum Gasteiger partial charge on any atom is 0.271 e. The van der Waals surface area contributed by atoms with E-state index in [9.17, 15) is 9.90 Å². The highest BCUT2D eigenvalue weighted by molar-refractivity contribution is 5.94. The molecule has 0 unspecified atom stereocenters. The Balaban J connectivity index is 2.04. The Labute approximate surface area is 110 Å². The molecule has 1 aromatic heterocycles. The number of carbonyl (C=O) groups excluding carboxylic acids is 1. The number of amides is 1. The fourth-order valence-electron chi connectivity index (χ4n) is 1.51. The van der Waals surface area contributed by atoms with E-state index in [-0.39, 0.29) is 11.7 Å². The molecule has 0 atom stereocenters. The van der Waals surface area contributed by atoms with Crippen LogP contribution >= 0.6 is 0 Å². The molecule has 0 saturated heterocycles. The number of rotatable bonds is 3. The lowest BCUT2D eigenvalue weighted by Crippen LogP contribution is -2.17. The zero-order valence-electron chi connectivity index (χ0n) is 10.4. The third-order valence-electron chi connectivity index (χ3n) is 2.50. The number of aromatic nitrogens is 1. The van der Waals surface area contributed by atoms with Gasteiger partial charge in [-0.15, -0.1) is 0 Å². The lowest BCUT2D eigenvalue weighted by Gasteiger charge is -2.01. The van der Waals surface area contributed by atoms with Crippen LogP contribution in [0.4, 0.5) is 0 Å². The molecule has 0 saturated carbocycles. The van der Waals surface area contributed by atoms with Crippen LogP contribution in [-0.2, 0) is 0 Å². The standard InChI is InChI=1S/C14H13N3O2/c1-10-2-3-13(18)12(8-10)9-16-17-14(19)11-4-6-15-7-5-11/h2-9,18H,1H3,(H,17,19)/b16-9+. The van der Waals surface area contributed by atoms with Gasteiger partial charge in [0.25, 0.3) is 5.91 Å². The summed E-state index contributed by atoms with van der Waals surface area (Å²) in [5.74, 6) is -0.210. The first-order valence-corrected chi connectivity index (χ1v) is 5.70. The summed E-state index contributed by atoms with van der Waals surface area (Å²) in [6, 6.07) is 8.34. The molecule has 0 aliphatic heterocycles. The van der Waals surface area contributed by atoms with E-state index in [4.69, 9.17) is 0 Å². The third-order valence-corrected chi connectivity index (χ3v) is 2.50. The molecule has 1 amide bonds. The van der Waals surface area contributed by atoms with Crippen molar-refractivity contribution in [3.8, 4) is 5.75 Å². The number of hydrogen-bond acceptors (Lipinski definition) is 4. The maximum absolute atomic E-state index is 11.7. The van der Waals surface area contributed by atoms with Crippen LogP contribution in [0.3, 0.4) is 0 Å². The average molecular weight is 255 g/mol. The molecule has 0 spiro atoms. The van der Waals surface area contributed by atoms with Crippen molar-refractivity contribution in [1.29, 1.82) is 0 Å². The molecule has 2 aromatic rings. The summed E-state index contributed by atoms with van der Waals surface area (Å²) < 4.78 is 0. The van der Waals surface area contributed by atoms with Gasteiger partial charge in [-0.05, 0) is 31.2 Å². The van der Waals surface area contributed by atoms with Crippen LogP contribution in [0.5, 0.6) is 5.75 Å². The second-order valence-electron chi connectivity index (χ2n) is 4.00. The van der Waals surface area contributed by atoms with Crippen LogP contribution < -0.4 is 5.43 Å². The Bertz CT molecular complexity index is 609. The molecule has 19 heavy (non-hydrogen) atoms. The molecule has 2 rings (SSSR count). The fraction of sp³-hybridized carbons (Fsp3) is 0.0714. The summed E-state index contributed by atoms with van der Waals surface area (Å²) in [7, 11) is 0. The Morgan fingerprint density at radius 3 is 2.79 bits per heavy atom. The number of nitrogens with zero attached hydrogens (tertiary/aromatic N) is 2. The van der Waals surface area contributed by atoms with Crippen LogP contribution in [-0.4, -0.2) is 22.2 Å². The monoisotopic (exact) mass is 255 g/mol. The van der Waals surface area contributed by atoms with Gasteiger partial charge in [0, 0.05) is 23.5 Å². The van der Waals surface area contributed by atoms with E-state index in [0.717, 1.165) is 5.56 Å². The molecule has 5 heteroatoms. The number of phenolic OH excluding ortho intramolecular Hbond substituents is 1. The number of benzene rings is 1. The minimum atomic E-state index is -0.328. The summed E-state index contributed by atoms with van der Waals surface area (Å²) in [4.78, 5) is 15.5. The van der Waals surface area contributed by atoms with Crippen molar-refractivity contribution < 1.29 is 9.90 Å². The van der Waals surface area contributed by atoms with Crippen molar-refractivity contribution in [1.82, 2.24) is 10.4 Å². The predicted molar refractivity (Wildman–Crippen MR) is 72.1 cm³/mol. The summed E-state index contributed by atoms with van der Waals surface area (Å²) in [5, 5.41) is 13.4. The lowest BCUT2D eigenvalue weighted by molar-refractivity contribution is 0.0955. The van der Waals surface area contributed by atoms with Crippen LogP contribution in [0.15, 0.2) is 47.8 Å². The van der Waals surface area contributed by atoms with Gasteiger partial charge in [0.05, 0.1) is 6.21 Å². The molecule has 0 fully saturated rings. The molecular weight excluding hydrogens is 242 g/mol. The highest BCUT2D eigenvalue weighted by atomic mass is 16.3. The average Bonchev–Trinajstić information content (AvgIpc) is 2.43. The number of nitrogens with one attached hydrogen (secondary N) is 1. The van der Waals surface area contributed by atoms with E-state index < -0.39 is 0 Å². The van der Waals surface area contributed by atoms with Crippen molar-refractivity contribution in [3.63, 3.8) is 0 Å². The first-order valence-electron chi connectivity index (χ1n) is 5.70. The van der Waals surface area contributed by atoms with Gasteiger partial charge in [-0.2, -0.15) is 5.10 Å². The Hall–Kier alpha value is -2.69. The van der Waals surface area contributed by atoms with Gasteiger partial charge < -0.3 is 5.11 Å².